The molecule has 32 heavy (non-hydrogen) atoms. The highest BCUT2D eigenvalue weighted by atomic mass is 35.5. The Morgan fingerprint density at radius 1 is 0.969 bits per heavy atom. The quantitative estimate of drug-likeness (QED) is 0.328. The molecule has 0 unspecified atom stereocenters. The first-order valence-electron chi connectivity index (χ1n) is 8.81. The molecule has 0 amide bonds. The molecule has 4 nitrogen and oxygen atoms in total. The van der Waals surface area contributed by atoms with Crippen molar-refractivity contribution in [3.63, 3.8) is 0 Å². The van der Waals surface area contributed by atoms with Crippen LogP contribution in [0.4, 0.5) is 26.3 Å². The highest BCUT2D eigenvalue weighted by molar-refractivity contribution is 6.31. The normalized spacial score (nSPS) is 12.7. The van der Waals surface area contributed by atoms with Crippen LogP contribution < -0.4 is 0 Å². The fourth-order valence-electron chi connectivity index (χ4n) is 2.77. The second kappa shape index (κ2) is 8.70. The van der Waals surface area contributed by atoms with E-state index in [4.69, 9.17) is 11.6 Å². The van der Waals surface area contributed by atoms with E-state index in [1.54, 1.807) is 0 Å². The van der Waals surface area contributed by atoms with Gasteiger partial charge in [0.1, 0.15) is 0 Å². The van der Waals surface area contributed by atoms with Crippen LogP contribution in [-0.4, -0.2) is 20.7 Å². The van der Waals surface area contributed by atoms with Gasteiger partial charge in [-0.1, -0.05) is 11.6 Å². The summed E-state index contributed by atoms with van der Waals surface area (Å²) in [4.78, 5) is 23.8. The average molecular weight is 472 g/mol. The van der Waals surface area contributed by atoms with E-state index in [2.05, 4.69) is 15.0 Å². The summed E-state index contributed by atoms with van der Waals surface area (Å²) < 4.78 is 78.8. The third-order valence-corrected chi connectivity index (χ3v) is 4.42. The van der Waals surface area contributed by atoms with Crippen LogP contribution in [0.3, 0.4) is 0 Å². The Morgan fingerprint density at radius 2 is 1.59 bits per heavy atom. The number of pyridine rings is 1. The Bertz CT molecular complexity index is 1170. The molecule has 2 aromatic heterocycles. The first kappa shape index (κ1) is 23.4. The molecular formula is C21H12ClF6N3O. The van der Waals surface area contributed by atoms with E-state index < -0.39 is 29.0 Å². The number of allylic oxidation sites excluding steroid dienone is 1. The topological polar surface area (TPSA) is 55.7 Å². The van der Waals surface area contributed by atoms with E-state index in [0.29, 0.717) is 17.7 Å². The van der Waals surface area contributed by atoms with Crippen molar-refractivity contribution >= 4 is 29.0 Å². The number of hydrogen-bond acceptors (Lipinski definition) is 4. The van der Waals surface area contributed by atoms with Gasteiger partial charge >= 0.3 is 12.4 Å². The predicted molar refractivity (Wildman–Crippen MR) is 105 cm³/mol. The second-order valence-corrected chi connectivity index (χ2v) is 7.04. The Labute approximate surface area is 182 Å². The Hall–Kier alpha value is -3.27. The van der Waals surface area contributed by atoms with Crippen LogP contribution in [-0.2, 0) is 17.1 Å². The Morgan fingerprint density at radius 3 is 2.12 bits per heavy atom. The summed E-state index contributed by atoms with van der Waals surface area (Å²) in [6, 6.07) is 3.91. The molecule has 0 saturated carbocycles. The van der Waals surface area contributed by atoms with Gasteiger partial charge in [-0.15, -0.1) is 0 Å². The number of Topliss-reactive ketones (excluding diaryl/α,β-unsaturated/α-hetero) is 1. The van der Waals surface area contributed by atoms with Gasteiger partial charge in [-0.2, -0.15) is 26.3 Å². The number of alkyl halides is 6. The van der Waals surface area contributed by atoms with Crippen LogP contribution in [0.25, 0.3) is 23.0 Å². The second-order valence-electron chi connectivity index (χ2n) is 6.61. The van der Waals surface area contributed by atoms with Crippen molar-refractivity contribution in [3.8, 4) is 11.4 Å². The molecular weight excluding hydrogens is 460 g/mol. The molecule has 0 aliphatic heterocycles. The lowest BCUT2D eigenvalue weighted by molar-refractivity contribution is -0.143. The maximum atomic E-state index is 13.1. The molecule has 0 spiro atoms. The van der Waals surface area contributed by atoms with Gasteiger partial charge in [0.15, 0.2) is 11.6 Å². The van der Waals surface area contributed by atoms with Crippen molar-refractivity contribution in [1.82, 2.24) is 15.0 Å². The van der Waals surface area contributed by atoms with Gasteiger partial charge in [-0.05, 0) is 43.3 Å². The van der Waals surface area contributed by atoms with Crippen LogP contribution in [0.15, 0.2) is 48.9 Å². The maximum Gasteiger partial charge on any atom is 0.416 e. The zero-order valence-corrected chi connectivity index (χ0v) is 16.8. The Kier molecular flexibility index (Phi) is 6.36. The fourth-order valence-corrected chi connectivity index (χ4v) is 2.95. The number of carbonyl (C=O) groups is 1. The third kappa shape index (κ3) is 5.50. The van der Waals surface area contributed by atoms with E-state index in [0.717, 1.165) is 6.20 Å². The highest BCUT2D eigenvalue weighted by Crippen LogP contribution is 2.38. The van der Waals surface area contributed by atoms with Crippen LogP contribution in [0.5, 0.6) is 0 Å². The summed E-state index contributed by atoms with van der Waals surface area (Å²) in [6.45, 7) is 1.28. The van der Waals surface area contributed by atoms with E-state index in [1.165, 1.54) is 37.5 Å². The van der Waals surface area contributed by atoms with Crippen molar-refractivity contribution in [2.75, 3.05) is 0 Å². The molecule has 2 heterocycles. The van der Waals surface area contributed by atoms with Crippen LogP contribution in [0.2, 0.25) is 5.02 Å². The van der Waals surface area contributed by atoms with Crippen LogP contribution >= 0.6 is 11.6 Å². The van der Waals surface area contributed by atoms with Crippen molar-refractivity contribution in [2.45, 2.75) is 19.3 Å². The molecule has 0 radical (unpaired) electrons. The number of halogens is 7. The molecule has 0 aliphatic rings. The van der Waals surface area contributed by atoms with E-state index in [-0.39, 0.29) is 34.0 Å². The number of benzene rings is 1. The van der Waals surface area contributed by atoms with Crippen molar-refractivity contribution in [2.24, 2.45) is 0 Å². The SMILES string of the molecule is CC(=O)/C(=C/c1ccnc(-c2cc(C(F)(F)F)cc(C(F)(F)F)c2)n1)c1cncc(Cl)c1. The van der Waals surface area contributed by atoms with Crippen molar-refractivity contribution in [3.05, 3.63) is 76.3 Å². The minimum atomic E-state index is -5.01. The standard InChI is InChI=1S/C21H12ClF6N3O/c1-11(32)18(13-6-16(22)10-29-9-13)8-17-2-3-30-19(31-17)12-4-14(20(23,24)25)7-15(5-12)21(26,27)28/h2-10H,1H3/b18-8-. The van der Waals surface area contributed by atoms with Gasteiger partial charge in [0.2, 0.25) is 0 Å². The van der Waals surface area contributed by atoms with E-state index >= 15 is 0 Å². The first-order chi connectivity index (χ1) is 14.8. The summed E-state index contributed by atoms with van der Waals surface area (Å²) >= 11 is 5.89. The molecule has 11 heteroatoms. The number of rotatable bonds is 4. The number of nitrogens with zero attached hydrogens (tertiary/aromatic N) is 3. The predicted octanol–water partition coefficient (Wildman–Crippen LogP) is 6.36. The molecule has 166 valence electrons. The lowest BCUT2D eigenvalue weighted by Crippen LogP contribution is -2.11. The van der Waals surface area contributed by atoms with Crippen LogP contribution in [0, 0.1) is 0 Å². The summed E-state index contributed by atoms with van der Waals surface area (Å²) in [5.74, 6) is -0.755. The van der Waals surface area contributed by atoms with Crippen molar-refractivity contribution < 1.29 is 31.1 Å². The molecule has 0 aliphatic carbocycles. The number of hydrogen-bond donors (Lipinski definition) is 0. The molecule has 0 saturated heterocycles. The van der Waals surface area contributed by atoms with Gasteiger partial charge in [-0.25, -0.2) is 9.97 Å². The summed E-state index contributed by atoms with van der Waals surface area (Å²) in [7, 11) is 0. The maximum absolute atomic E-state index is 13.1. The third-order valence-electron chi connectivity index (χ3n) is 4.21. The van der Waals surface area contributed by atoms with Gasteiger partial charge in [0, 0.05) is 35.3 Å². The van der Waals surface area contributed by atoms with Crippen LogP contribution in [0.1, 0.15) is 29.3 Å². The summed E-state index contributed by atoms with van der Waals surface area (Å²) in [6.07, 6.45) is -4.79. The minimum absolute atomic E-state index is 0.0211. The van der Waals surface area contributed by atoms with E-state index in [9.17, 15) is 31.1 Å². The molecule has 3 aromatic rings. The van der Waals surface area contributed by atoms with Crippen molar-refractivity contribution in [1.29, 1.82) is 0 Å². The monoisotopic (exact) mass is 471 g/mol. The van der Waals surface area contributed by atoms with Gasteiger partial charge in [0.25, 0.3) is 0 Å². The largest absolute Gasteiger partial charge is 0.416 e. The summed E-state index contributed by atoms with van der Waals surface area (Å²) in [5, 5.41) is 0.265. The molecule has 0 fully saturated rings. The fraction of sp³-hybridized carbons (Fsp3) is 0.143. The summed E-state index contributed by atoms with van der Waals surface area (Å²) in [5.41, 5.74) is -2.85. The lowest BCUT2D eigenvalue weighted by Gasteiger charge is -2.14. The molecule has 1 aromatic carbocycles. The smallest absolute Gasteiger partial charge is 0.294 e. The Balaban J connectivity index is 2.13. The highest BCUT2D eigenvalue weighted by Gasteiger charge is 2.37. The lowest BCUT2D eigenvalue weighted by atomic mass is 10.0. The van der Waals surface area contributed by atoms with E-state index in [1.807, 2.05) is 0 Å². The molecule has 3 rings (SSSR count). The zero-order valence-electron chi connectivity index (χ0n) is 16.1. The average Bonchev–Trinajstić information content (AvgIpc) is 2.70. The van der Waals surface area contributed by atoms with Gasteiger partial charge in [-0.3, -0.25) is 9.78 Å². The zero-order chi connectivity index (χ0) is 23.7. The number of ketones is 1. The minimum Gasteiger partial charge on any atom is -0.294 e. The number of carbonyl (C=O) groups excluding carboxylic acids is 1. The molecule has 0 bridgehead atoms. The first-order valence-corrected chi connectivity index (χ1v) is 9.19. The molecule has 0 N–H and O–H groups in total. The molecule has 0 atom stereocenters. The van der Waals surface area contributed by atoms with Gasteiger partial charge < -0.3 is 0 Å². The number of aromatic nitrogens is 3. The van der Waals surface area contributed by atoms with Gasteiger partial charge in [0.05, 0.1) is 21.8 Å².